The lowest BCUT2D eigenvalue weighted by Gasteiger charge is -2.11. The van der Waals surface area contributed by atoms with Crippen LogP contribution in [0.25, 0.3) is 0 Å². The van der Waals surface area contributed by atoms with E-state index in [9.17, 15) is 10.1 Å². The monoisotopic (exact) mass is 268 g/mol. The van der Waals surface area contributed by atoms with Gasteiger partial charge in [0, 0.05) is 6.54 Å². The van der Waals surface area contributed by atoms with Gasteiger partial charge in [-0.3, -0.25) is 10.1 Å². The Hall–Kier alpha value is -1.92. The van der Waals surface area contributed by atoms with Crippen molar-refractivity contribution in [1.29, 1.82) is 0 Å². The molecule has 106 valence electrons. The summed E-state index contributed by atoms with van der Waals surface area (Å²) in [5.74, 6) is 0.837. The molecular formula is C12H20N4O3. The van der Waals surface area contributed by atoms with E-state index in [2.05, 4.69) is 15.3 Å². The summed E-state index contributed by atoms with van der Waals surface area (Å²) in [6, 6.07) is 0. The van der Waals surface area contributed by atoms with Crippen LogP contribution in [-0.2, 0) is 0 Å². The summed E-state index contributed by atoms with van der Waals surface area (Å²) in [5.41, 5.74) is -0.205. The first kappa shape index (κ1) is 15.1. The molecule has 0 aliphatic carbocycles. The first-order valence-corrected chi connectivity index (χ1v) is 6.27. The third-order valence-electron chi connectivity index (χ3n) is 2.20. The van der Waals surface area contributed by atoms with Crippen molar-refractivity contribution in [1.82, 2.24) is 9.97 Å². The van der Waals surface area contributed by atoms with Gasteiger partial charge in [0.2, 0.25) is 5.82 Å². The quantitative estimate of drug-likeness (QED) is 0.603. The Kier molecular flexibility index (Phi) is 5.47. The number of rotatable bonds is 7. The number of nitrogens with one attached hydrogen (secondary N) is 1. The maximum Gasteiger partial charge on any atom is 0.372 e. The van der Waals surface area contributed by atoms with Crippen molar-refractivity contribution in [3.8, 4) is 5.88 Å². The number of hydrogen-bond acceptors (Lipinski definition) is 6. The number of ether oxygens (including phenoxy) is 1. The van der Waals surface area contributed by atoms with Crippen molar-refractivity contribution in [3.63, 3.8) is 0 Å². The highest BCUT2D eigenvalue weighted by molar-refractivity contribution is 5.61. The fourth-order valence-electron chi connectivity index (χ4n) is 1.31. The molecule has 0 saturated heterocycles. The Labute approximate surface area is 112 Å². The summed E-state index contributed by atoms with van der Waals surface area (Å²) >= 11 is 0. The van der Waals surface area contributed by atoms with Crippen LogP contribution >= 0.6 is 0 Å². The van der Waals surface area contributed by atoms with Crippen molar-refractivity contribution in [2.75, 3.05) is 18.5 Å². The van der Waals surface area contributed by atoms with Crippen molar-refractivity contribution >= 4 is 11.5 Å². The number of nitrogens with zero attached hydrogens (tertiary/aromatic N) is 3. The smallest absolute Gasteiger partial charge is 0.372 e. The standard InChI is InChI=1S/C12H20N4O3/c1-8(2)5-13-11-10(16(17)18)12(15-7-14-11)19-6-9(3)4/h7-9H,5-6H2,1-4H3,(H,13,14,15). The van der Waals surface area contributed by atoms with Gasteiger partial charge in [-0.25, -0.2) is 4.98 Å². The van der Waals surface area contributed by atoms with Gasteiger partial charge in [-0.15, -0.1) is 0 Å². The zero-order valence-electron chi connectivity index (χ0n) is 11.7. The van der Waals surface area contributed by atoms with Crippen LogP contribution in [0.2, 0.25) is 0 Å². The third-order valence-corrected chi connectivity index (χ3v) is 2.20. The van der Waals surface area contributed by atoms with Crippen LogP contribution in [0.3, 0.4) is 0 Å². The molecule has 0 aliphatic heterocycles. The molecule has 0 aliphatic rings. The summed E-state index contributed by atoms with van der Waals surface area (Å²) in [4.78, 5) is 18.4. The molecule has 0 aromatic carbocycles. The minimum Gasteiger partial charge on any atom is -0.472 e. The molecule has 0 bridgehead atoms. The van der Waals surface area contributed by atoms with E-state index in [0.717, 1.165) is 0 Å². The number of aromatic nitrogens is 2. The van der Waals surface area contributed by atoms with E-state index in [-0.39, 0.29) is 23.3 Å². The highest BCUT2D eigenvalue weighted by Crippen LogP contribution is 2.31. The van der Waals surface area contributed by atoms with E-state index < -0.39 is 4.92 Å². The Balaban J connectivity index is 2.97. The second-order valence-corrected chi connectivity index (χ2v) is 5.11. The van der Waals surface area contributed by atoms with E-state index in [0.29, 0.717) is 19.1 Å². The molecule has 0 radical (unpaired) electrons. The van der Waals surface area contributed by atoms with E-state index >= 15 is 0 Å². The zero-order chi connectivity index (χ0) is 14.4. The number of hydrogen-bond donors (Lipinski definition) is 1. The molecule has 1 N–H and O–H groups in total. The highest BCUT2D eigenvalue weighted by Gasteiger charge is 2.24. The van der Waals surface area contributed by atoms with Crippen LogP contribution in [0, 0.1) is 22.0 Å². The minimum absolute atomic E-state index is 0.0138. The Bertz CT molecular complexity index is 405. The van der Waals surface area contributed by atoms with Crippen molar-refractivity contribution < 1.29 is 9.66 Å². The number of nitro groups is 1. The number of anilines is 1. The van der Waals surface area contributed by atoms with Gasteiger partial charge in [0.15, 0.2) is 0 Å². The maximum atomic E-state index is 11.1. The molecular weight excluding hydrogens is 248 g/mol. The lowest BCUT2D eigenvalue weighted by atomic mass is 10.2. The molecule has 7 heteroatoms. The normalized spacial score (nSPS) is 10.8. The topological polar surface area (TPSA) is 90.2 Å². The van der Waals surface area contributed by atoms with Crippen LogP contribution in [0.1, 0.15) is 27.7 Å². The molecule has 1 heterocycles. The summed E-state index contributed by atoms with van der Waals surface area (Å²) in [7, 11) is 0. The van der Waals surface area contributed by atoms with Crippen LogP contribution in [0.4, 0.5) is 11.5 Å². The fourth-order valence-corrected chi connectivity index (χ4v) is 1.31. The molecule has 7 nitrogen and oxygen atoms in total. The van der Waals surface area contributed by atoms with Crippen molar-refractivity contribution in [2.24, 2.45) is 11.8 Å². The molecule has 1 aromatic heterocycles. The van der Waals surface area contributed by atoms with E-state index in [4.69, 9.17) is 4.74 Å². The van der Waals surface area contributed by atoms with E-state index in [1.54, 1.807) is 0 Å². The average molecular weight is 268 g/mol. The van der Waals surface area contributed by atoms with Gasteiger partial charge in [0.05, 0.1) is 11.5 Å². The summed E-state index contributed by atoms with van der Waals surface area (Å²) < 4.78 is 5.37. The first-order chi connectivity index (χ1) is 8.91. The Morgan fingerprint density at radius 3 is 2.53 bits per heavy atom. The SMILES string of the molecule is CC(C)CNc1ncnc(OCC(C)C)c1[N+](=O)[O-]. The Morgan fingerprint density at radius 2 is 2.00 bits per heavy atom. The maximum absolute atomic E-state index is 11.1. The summed E-state index contributed by atoms with van der Waals surface area (Å²) in [6.45, 7) is 8.92. The van der Waals surface area contributed by atoms with Crippen LogP contribution in [-0.4, -0.2) is 28.0 Å². The lowest BCUT2D eigenvalue weighted by Crippen LogP contribution is -2.13. The molecule has 0 fully saturated rings. The molecule has 1 rings (SSSR count). The fraction of sp³-hybridized carbons (Fsp3) is 0.667. The van der Waals surface area contributed by atoms with E-state index in [1.807, 2.05) is 27.7 Å². The molecule has 19 heavy (non-hydrogen) atoms. The van der Waals surface area contributed by atoms with Crippen LogP contribution in [0.5, 0.6) is 5.88 Å². The zero-order valence-corrected chi connectivity index (χ0v) is 11.7. The predicted octanol–water partition coefficient (Wildman–Crippen LogP) is 2.49. The third kappa shape index (κ3) is 4.69. The molecule has 0 spiro atoms. The molecule has 0 unspecified atom stereocenters. The highest BCUT2D eigenvalue weighted by atomic mass is 16.6. The van der Waals surface area contributed by atoms with Gasteiger partial charge < -0.3 is 10.1 Å². The predicted molar refractivity (Wildman–Crippen MR) is 72.3 cm³/mol. The van der Waals surface area contributed by atoms with Crippen LogP contribution < -0.4 is 10.1 Å². The van der Waals surface area contributed by atoms with Crippen molar-refractivity contribution in [3.05, 3.63) is 16.4 Å². The van der Waals surface area contributed by atoms with E-state index in [1.165, 1.54) is 6.33 Å². The van der Waals surface area contributed by atoms with Gasteiger partial charge in [0.1, 0.15) is 6.33 Å². The van der Waals surface area contributed by atoms with Crippen molar-refractivity contribution in [2.45, 2.75) is 27.7 Å². The van der Waals surface area contributed by atoms with Gasteiger partial charge in [0.25, 0.3) is 5.88 Å². The summed E-state index contributed by atoms with van der Waals surface area (Å²) in [5, 5.41) is 14.1. The molecule has 0 amide bonds. The molecule has 1 aromatic rings. The second-order valence-electron chi connectivity index (χ2n) is 5.11. The van der Waals surface area contributed by atoms with Gasteiger partial charge in [-0.2, -0.15) is 4.98 Å². The first-order valence-electron chi connectivity index (χ1n) is 6.27. The average Bonchev–Trinajstić information content (AvgIpc) is 2.33. The van der Waals surface area contributed by atoms with Crippen LogP contribution in [0.15, 0.2) is 6.33 Å². The lowest BCUT2D eigenvalue weighted by molar-refractivity contribution is -0.385. The molecule has 0 saturated carbocycles. The second kappa shape index (κ2) is 6.86. The van der Waals surface area contributed by atoms with Gasteiger partial charge >= 0.3 is 5.69 Å². The molecule has 0 atom stereocenters. The van der Waals surface area contributed by atoms with Gasteiger partial charge in [-0.1, -0.05) is 27.7 Å². The minimum atomic E-state index is -0.516. The summed E-state index contributed by atoms with van der Waals surface area (Å²) in [6.07, 6.45) is 1.27. The largest absolute Gasteiger partial charge is 0.472 e. The Morgan fingerprint density at radius 1 is 1.32 bits per heavy atom. The van der Waals surface area contributed by atoms with Gasteiger partial charge in [-0.05, 0) is 11.8 Å².